The van der Waals surface area contributed by atoms with E-state index in [0.717, 1.165) is 23.0 Å². The van der Waals surface area contributed by atoms with E-state index in [4.69, 9.17) is 39.5 Å². The molecule has 1 fully saturated rings. The van der Waals surface area contributed by atoms with Crippen LogP contribution in [0.25, 0.3) is 17.0 Å². The number of hydrogen-bond donors (Lipinski definition) is 3. The molecule has 1 aromatic carbocycles. The number of hydrazine groups is 1. The van der Waals surface area contributed by atoms with Crippen LogP contribution in [0.4, 0.5) is 13.2 Å². The van der Waals surface area contributed by atoms with Crippen LogP contribution >= 0.6 is 34.8 Å². The van der Waals surface area contributed by atoms with Crippen molar-refractivity contribution in [3.63, 3.8) is 0 Å². The van der Waals surface area contributed by atoms with Crippen molar-refractivity contribution in [1.82, 2.24) is 26.1 Å². The van der Waals surface area contributed by atoms with Gasteiger partial charge in [0, 0.05) is 23.0 Å². The Labute approximate surface area is 294 Å². The van der Waals surface area contributed by atoms with Crippen LogP contribution in [0.2, 0.25) is 0 Å². The molecule has 48 heavy (non-hydrogen) atoms. The number of esters is 1. The third kappa shape index (κ3) is 11.2. The summed E-state index contributed by atoms with van der Waals surface area (Å²) >= 11 is 16.9. The third-order valence-corrected chi connectivity index (χ3v) is 8.38. The molecule has 0 bridgehead atoms. The van der Waals surface area contributed by atoms with Crippen LogP contribution in [-0.4, -0.2) is 75.1 Å². The quantitative estimate of drug-likeness (QED) is 0.173. The lowest BCUT2D eigenvalue weighted by molar-refractivity contribution is -0.177. The Bertz CT molecular complexity index is 1480. The average Bonchev–Trinajstić information content (AvgIpc) is 3.00. The largest absolute Gasteiger partial charge is 0.460 e. The summed E-state index contributed by atoms with van der Waals surface area (Å²) in [6.45, 7) is 9.28. The molecule has 1 aliphatic rings. The van der Waals surface area contributed by atoms with Gasteiger partial charge in [0.1, 0.15) is 24.7 Å². The van der Waals surface area contributed by atoms with Gasteiger partial charge >= 0.3 is 12.1 Å². The van der Waals surface area contributed by atoms with Crippen molar-refractivity contribution in [3.8, 4) is 0 Å². The van der Waals surface area contributed by atoms with E-state index in [0.29, 0.717) is 18.4 Å². The van der Waals surface area contributed by atoms with Gasteiger partial charge in [-0.05, 0) is 49.8 Å². The van der Waals surface area contributed by atoms with Gasteiger partial charge in [-0.2, -0.15) is 13.2 Å². The fraction of sp³-hybridized carbons (Fsp3) is 0.576. The molecule has 0 spiro atoms. The number of pyridine rings is 1. The number of fused-ring (bicyclic) bond motifs is 1. The van der Waals surface area contributed by atoms with Gasteiger partial charge in [0.2, 0.25) is 9.70 Å². The average molecular weight is 737 g/mol. The maximum Gasteiger partial charge on any atom is 0.404 e. The number of halogens is 6. The molecule has 266 valence electrons. The number of nitrogens with one attached hydrogen (secondary N) is 3. The van der Waals surface area contributed by atoms with Crippen molar-refractivity contribution < 1.29 is 32.3 Å². The zero-order valence-corrected chi connectivity index (χ0v) is 30.0. The lowest BCUT2D eigenvalue weighted by Crippen LogP contribution is -2.63. The highest BCUT2D eigenvalue weighted by Crippen LogP contribution is 2.36. The highest BCUT2D eigenvalue weighted by atomic mass is 35.6. The predicted molar refractivity (Wildman–Crippen MR) is 182 cm³/mol. The molecule has 0 saturated carbocycles. The second-order valence-electron chi connectivity index (χ2n) is 12.9. The summed E-state index contributed by atoms with van der Waals surface area (Å²) in [5, 5.41) is 7.19. The normalized spacial score (nSPS) is 18.2. The number of aryl methyl sites for hydroxylation is 1. The second kappa shape index (κ2) is 16.4. The monoisotopic (exact) mass is 735 g/mol. The van der Waals surface area contributed by atoms with Crippen LogP contribution in [0, 0.1) is 11.3 Å². The standard InChI is InChI=1S/C33H43Cl3F3N5O4/c1-7-23-13-12-22-11-10-21(17-25(22)41-23)14-15-31(5,6)30(33(37,38)39)42-26(19(2)3)27(45)40-20(4)28(46)44-16-8-9-24(43-44)29(47)48-18-32(34,35)36/h10-15,17,19-20,24,26,30,42-43H,7-9,16,18H2,1-6H3,(H,40,45)/b15-14+/t20?,24?,26?,30-/m1/s1. The molecular weight excluding hydrogens is 694 g/mol. The van der Waals surface area contributed by atoms with Gasteiger partial charge < -0.3 is 10.1 Å². The van der Waals surface area contributed by atoms with Gasteiger partial charge in [-0.3, -0.25) is 29.7 Å². The van der Waals surface area contributed by atoms with E-state index >= 15 is 0 Å². The summed E-state index contributed by atoms with van der Waals surface area (Å²) in [6.07, 6.45) is -0.0796. The lowest BCUT2D eigenvalue weighted by atomic mass is 9.82. The molecule has 1 saturated heterocycles. The minimum atomic E-state index is -4.72. The zero-order valence-electron chi connectivity index (χ0n) is 27.8. The molecule has 2 heterocycles. The van der Waals surface area contributed by atoms with Crippen molar-refractivity contribution in [2.75, 3.05) is 13.2 Å². The molecule has 0 radical (unpaired) electrons. The second-order valence-corrected chi connectivity index (χ2v) is 15.4. The van der Waals surface area contributed by atoms with E-state index in [9.17, 15) is 27.6 Å². The predicted octanol–water partition coefficient (Wildman–Crippen LogP) is 6.30. The first-order valence-electron chi connectivity index (χ1n) is 15.7. The van der Waals surface area contributed by atoms with E-state index in [2.05, 4.69) is 21.0 Å². The molecule has 3 unspecified atom stereocenters. The SMILES string of the molecule is CCc1ccc2ccc(/C=C/C(C)(C)[C@@H](NC(C(=O)NC(C)C(=O)N3CCCC(C(=O)OCC(Cl)(Cl)Cl)N3)C(C)C)C(F)(F)F)cc2n1. The number of benzene rings is 1. The first-order valence-corrected chi connectivity index (χ1v) is 16.9. The van der Waals surface area contributed by atoms with Crippen LogP contribution in [0.1, 0.15) is 65.6 Å². The molecule has 2 aromatic rings. The first-order chi connectivity index (χ1) is 22.2. The number of rotatable bonds is 12. The number of alkyl halides is 6. The Kier molecular flexibility index (Phi) is 13.6. The van der Waals surface area contributed by atoms with Crippen molar-refractivity contribution >= 4 is 69.6 Å². The third-order valence-electron chi connectivity index (χ3n) is 8.05. The van der Waals surface area contributed by atoms with Crippen molar-refractivity contribution in [3.05, 3.63) is 47.7 Å². The van der Waals surface area contributed by atoms with Gasteiger partial charge in [-0.15, -0.1) is 0 Å². The molecule has 9 nitrogen and oxygen atoms in total. The van der Waals surface area contributed by atoms with Gasteiger partial charge in [0.05, 0.1) is 11.6 Å². The molecule has 1 aromatic heterocycles. The van der Waals surface area contributed by atoms with Gasteiger partial charge in [0.15, 0.2) is 0 Å². The Morgan fingerprint density at radius 3 is 2.40 bits per heavy atom. The van der Waals surface area contributed by atoms with Crippen LogP contribution in [-0.2, 0) is 25.5 Å². The summed E-state index contributed by atoms with van der Waals surface area (Å²) in [5.41, 5.74) is 3.62. The first kappa shape index (κ1) is 39.8. The number of hydrogen-bond acceptors (Lipinski definition) is 7. The maximum absolute atomic E-state index is 14.6. The number of nitrogens with zero attached hydrogens (tertiary/aromatic N) is 2. The maximum atomic E-state index is 14.6. The van der Waals surface area contributed by atoms with Gasteiger partial charge in [-0.1, -0.05) is 99.8 Å². The fourth-order valence-corrected chi connectivity index (χ4v) is 5.50. The smallest absolute Gasteiger partial charge is 0.404 e. The topological polar surface area (TPSA) is 113 Å². The molecule has 4 atom stereocenters. The highest BCUT2D eigenvalue weighted by molar-refractivity contribution is 6.67. The molecule has 2 amide bonds. The summed E-state index contributed by atoms with van der Waals surface area (Å²) in [5.74, 6) is -2.65. The summed E-state index contributed by atoms with van der Waals surface area (Å²) in [7, 11) is 0. The Balaban J connectivity index is 1.72. The minimum Gasteiger partial charge on any atom is -0.460 e. The molecule has 3 N–H and O–H groups in total. The number of ether oxygens (including phenoxy) is 1. The molecule has 15 heteroatoms. The van der Waals surface area contributed by atoms with Crippen molar-refractivity contribution in [1.29, 1.82) is 0 Å². The van der Waals surface area contributed by atoms with Crippen molar-refractivity contribution in [2.45, 2.75) is 94.9 Å². The number of amides is 2. The van der Waals surface area contributed by atoms with Crippen LogP contribution in [0.3, 0.4) is 0 Å². The summed E-state index contributed by atoms with van der Waals surface area (Å²) < 4.78 is 47.0. The number of aromatic nitrogens is 1. The van der Waals surface area contributed by atoms with Crippen LogP contribution in [0.15, 0.2) is 36.4 Å². The molecule has 1 aliphatic heterocycles. The zero-order chi connectivity index (χ0) is 36.0. The molecule has 3 rings (SSSR count). The highest BCUT2D eigenvalue weighted by Gasteiger charge is 2.50. The van der Waals surface area contributed by atoms with E-state index < -0.39 is 69.9 Å². The number of carbonyl (C=O) groups is 3. The Morgan fingerprint density at radius 2 is 1.79 bits per heavy atom. The fourth-order valence-electron chi connectivity index (χ4n) is 5.33. The van der Waals surface area contributed by atoms with E-state index in [1.54, 1.807) is 19.9 Å². The van der Waals surface area contributed by atoms with E-state index in [1.807, 2.05) is 37.3 Å². The lowest BCUT2D eigenvalue weighted by Gasteiger charge is -2.38. The molecular formula is C33H43Cl3F3N5O4. The molecule has 0 aliphatic carbocycles. The van der Waals surface area contributed by atoms with Crippen LogP contribution in [0.5, 0.6) is 0 Å². The van der Waals surface area contributed by atoms with Crippen LogP contribution < -0.4 is 16.1 Å². The van der Waals surface area contributed by atoms with Crippen molar-refractivity contribution in [2.24, 2.45) is 11.3 Å². The van der Waals surface area contributed by atoms with Gasteiger partial charge in [-0.25, -0.2) is 5.43 Å². The summed E-state index contributed by atoms with van der Waals surface area (Å²) in [6, 6.07) is 3.97. The van der Waals surface area contributed by atoms with Gasteiger partial charge in [0.25, 0.3) is 5.91 Å². The van der Waals surface area contributed by atoms with E-state index in [-0.39, 0.29) is 6.54 Å². The number of carbonyl (C=O) groups excluding carboxylic acids is 3. The Morgan fingerprint density at radius 1 is 1.12 bits per heavy atom. The van der Waals surface area contributed by atoms with E-state index in [1.165, 1.54) is 31.9 Å². The Hall–Kier alpha value is -2.64. The summed E-state index contributed by atoms with van der Waals surface area (Å²) in [4.78, 5) is 43.6. The minimum absolute atomic E-state index is 0.225.